The Morgan fingerprint density at radius 3 is 1.63 bits per heavy atom. The monoisotopic (exact) mass is 668 g/mol. The van der Waals surface area contributed by atoms with Gasteiger partial charge in [-0.2, -0.15) is 9.97 Å². The summed E-state index contributed by atoms with van der Waals surface area (Å²) in [7, 11) is 0. The van der Waals surface area contributed by atoms with Gasteiger partial charge in [-0.1, -0.05) is 157 Å². The summed E-state index contributed by atoms with van der Waals surface area (Å²) in [5, 5.41) is 2.34. The number of nitrogens with zero attached hydrogens (tertiary/aromatic N) is 4. The Morgan fingerprint density at radius 1 is 0.412 bits per heavy atom. The minimum Gasteiger partial charge on any atom is -0.278 e. The Kier molecular flexibility index (Phi) is 6.07. The fourth-order valence-electron chi connectivity index (χ4n) is 8.43. The summed E-state index contributed by atoms with van der Waals surface area (Å²) < 4.78 is 2.23. The van der Waals surface area contributed by atoms with Crippen LogP contribution < -0.4 is 0 Å². The number of hydrogen-bond donors (Lipinski definition) is 0. The Labute approximate surface area is 299 Å². The van der Waals surface area contributed by atoms with Crippen molar-refractivity contribution in [2.24, 2.45) is 0 Å². The maximum absolute atomic E-state index is 5.18. The molecule has 0 amide bonds. The molecule has 2 aliphatic rings. The highest BCUT2D eigenvalue weighted by Gasteiger charge is 2.50. The molecule has 4 nitrogen and oxygen atoms in total. The molecule has 3 heterocycles. The molecule has 9 aromatic rings. The van der Waals surface area contributed by atoms with Crippen LogP contribution in [0.4, 0.5) is 0 Å². The molecule has 0 radical (unpaired) electrons. The maximum Gasteiger partial charge on any atom is 0.238 e. The fourth-order valence-corrected chi connectivity index (χ4v) is 9.64. The average Bonchev–Trinajstić information content (AvgIpc) is 3.68. The molecule has 11 rings (SSSR count). The SMILES string of the molecule is c1ccc(-c2nc(-c3ccccc3)nc(-n3c4ccccc4c4cc5c(cc43)Sc3ccccc3C53c4ccccc4-c4ccccc43)n2)cc1. The van der Waals surface area contributed by atoms with E-state index in [1.165, 1.54) is 48.6 Å². The van der Waals surface area contributed by atoms with Gasteiger partial charge in [0.2, 0.25) is 5.95 Å². The lowest BCUT2D eigenvalue weighted by molar-refractivity contribution is 0.724. The van der Waals surface area contributed by atoms with Crippen LogP contribution in [0.15, 0.2) is 180 Å². The third-order valence-electron chi connectivity index (χ3n) is 10.5. The number of fused-ring (bicyclic) bond motifs is 12. The summed E-state index contributed by atoms with van der Waals surface area (Å²) in [6, 6.07) is 60.7. The van der Waals surface area contributed by atoms with Crippen LogP contribution >= 0.6 is 11.8 Å². The Hall–Kier alpha value is -6.30. The molecule has 1 aliphatic carbocycles. The topological polar surface area (TPSA) is 43.6 Å². The van der Waals surface area contributed by atoms with Crippen LogP contribution in [0.5, 0.6) is 0 Å². The van der Waals surface area contributed by atoms with Crippen molar-refractivity contribution in [3.05, 3.63) is 192 Å². The molecule has 0 fully saturated rings. The molecule has 0 saturated carbocycles. The molecular formula is C46H28N4S. The van der Waals surface area contributed by atoms with Crippen LogP contribution in [0.1, 0.15) is 22.3 Å². The zero-order valence-electron chi connectivity index (χ0n) is 27.4. The van der Waals surface area contributed by atoms with Gasteiger partial charge in [-0.3, -0.25) is 4.57 Å². The van der Waals surface area contributed by atoms with Crippen LogP contribution in [-0.2, 0) is 5.41 Å². The van der Waals surface area contributed by atoms with Crippen molar-refractivity contribution >= 4 is 33.6 Å². The van der Waals surface area contributed by atoms with E-state index >= 15 is 0 Å². The molecule has 51 heavy (non-hydrogen) atoms. The Balaban J connectivity index is 1.24. The lowest BCUT2D eigenvalue weighted by Gasteiger charge is -2.39. The smallest absolute Gasteiger partial charge is 0.238 e. The highest BCUT2D eigenvalue weighted by molar-refractivity contribution is 7.99. The van der Waals surface area contributed by atoms with Crippen molar-refractivity contribution in [2.75, 3.05) is 0 Å². The van der Waals surface area contributed by atoms with Gasteiger partial charge in [0.15, 0.2) is 11.6 Å². The quantitative estimate of drug-likeness (QED) is 0.188. The molecule has 0 atom stereocenters. The third kappa shape index (κ3) is 4.01. The third-order valence-corrected chi connectivity index (χ3v) is 11.7. The largest absolute Gasteiger partial charge is 0.278 e. The maximum atomic E-state index is 5.18. The van der Waals surface area contributed by atoms with Gasteiger partial charge in [0, 0.05) is 31.7 Å². The van der Waals surface area contributed by atoms with Gasteiger partial charge in [-0.15, -0.1) is 0 Å². The minimum absolute atomic E-state index is 0.449. The summed E-state index contributed by atoms with van der Waals surface area (Å²) >= 11 is 1.85. The first-order chi connectivity index (χ1) is 25.3. The van der Waals surface area contributed by atoms with Crippen molar-refractivity contribution in [3.63, 3.8) is 0 Å². The lowest BCUT2D eigenvalue weighted by atomic mass is 9.67. The van der Waals surface area contributed by atoms with Crippen molar-refractivity contribution < 1.29 is 0 Å². The molecule has 0 N–H and O–H groups in total. The molecule has 0 unspecified atom stereocenters. The van der Waals surface area contributed by atoms with E-state index in [0.29, 0.717) is 17.6 Å². The molecule has 238 valence electrons. The molecule has 2 aromatic heterocycles. The van der Waals surface area contributed by atoms with Gasteiger partial charge in [0.05, 0.1) is 16.4 Å². The second kappa shape index (κ2) is 10.8. The summed E-state index contributed by atoms with van der Waals surface area (Å²) in [4.78, 5) is 17.9. The average molecular weight is 669 g/mol. The molecule has 7 aromatic carbocycles. The van der Waals surface area contributed by atoms with Crippen LogP contribution in [0.3, 0.4) is 0 Å². The minimum atomic E-state index is -0.449. The predicted octanol–water partition coefficient (Wildman–Crippen LogP) is 11.1. The molecule has 1 spiro atoms. The van der Waals surface area contributed by atoms with E-state index in [2.05, 4.69) is 138 Å². The summed E-state index contributed by atoms with van der Waals surface area (Å²) in [5.41, 5.74) is 11.5. The van der Waals surface area contributed by atoms with Gasteiger partial charge in [-0.25, -0.2) is 4.98 Å². The highest BCUT2D eigenvalue weighted by atomic mass is 32.2. The Bertz CT molecular complexity index is 2740. The number of benzene rings is 7. The van der Waals surface area contributed by atoms with E-state index in [0.717, 1.165) is 27.5 Å². The van der Waals surface area contributed by atoms with Crippen molar-refractivity contribution in [1.82, 2.24) is 19.5 Å². The molecule has 1 aliphatic heterocycles. The number of para-hydroxylation sites is 1. The zero-order chi connectivity index (χ0) is 33.5. The number of aromatic nitrogens is 4. The van der Waals surface area contributed by atoms with Gasteiger partial charge < -0.3 is 0 Å². The first-order valence-corrected chi connectivity index (χ1v) is 18.0. The summed E-state index contributed by atoms with van der Waals surface area (Å²) in [6.45, 7) is 0. The van der Waals surface area contributed by atoms with Gasteiger partial charge >= 0.3 is 0 Å². The van der Waals surface area contributed by atoms with Crippen LogP contribution in [0.2, 0.25) is 0 Å². The van der Waals surface area contributed by atoms with E-state index < -0.39 is 5.41 Å². The lowest BCUT2D eigenvalue weighted by Crippen LogP contribution is -2.32. The van der Waals surface area contributed by atoms with E-state index in [-0.39, 0.29) is 0 Å². The summed E-state index contributed by atoms with van der Waals surface area (Å²) in [6.07, 6.45) is 0. The van der Waals surface area contributed by atoms with Crippen LogP contribution in [-0.4, -0.2) is 19.5 Å². The predicted molar refractivity (Wildman–Crippen MR) is 206 cm³/mol. The Morgan fingerprint density at radius 2 is 0.961 bits per heavy atom. The first kappa shape index (κ1) is 28.5. The van der Waals surface area contributed by atoms with Crippen LogP contribution in [0.25, 0.3) is 61.7 Å². The number of hydrogen-bond acceptors (Lipinski definition) is 4. The normalized spacial score (nSPS) is 13.6. The van der Waals surface area contributed by atoms with Crippen molar-refractivity contribution in [3.8, 4) is 39.9 Å². The van der Waals surface area contributed by atoms with E-state index in [4.69, 9.17) is 15.0 Å². The van der Waals surface area contributed by atoms with Crippen molar-refractivity contribution in [1.29, 1.82) is 0 Å². The molecule has 0 bridgehead atoms. The van der Waals surface area contributed by atoms with E-state index in [9.17, 15) is 0 Å². The van der Waals surface area contributed by atoms with Crippen molar-refractivity contribution in [2.45, 2.75) is 15.2 Å². The zero-order valence-corrected chi connectivity index (χ0v) is 28.2. The first-order valence-electron chi connectivity index (χ1n) is 17.2. The highest BCUT2D eigenvalue weighted by Crippen LogP contribution is 2.62. The van der Waals surface area contributed by atoms with Gasteiger partial charge in [0.25, 0.3) is 0 Å². The van der Waals surface area contributed by atoms with Crippen LogP contribution in [0, 0.1) is 0 Å². The molecule has 5 heteroatoms. The second-order valence-electron chi connectivity index (χ2n) is 13.2. The number of rotatable bonds is 3. The van der Waals surface area contributed by atoms with Gasteiger partial charge in [-0.05, 0) is 57.6 Å². The van der Waals surface area contributed by atoms with E-state index in [1.807, 2.05) is 48.2 Å². The molecular weight excluding hydrogens is 641 g/mol. The van der Waals surface area contributed by atoms with Gasteiger partial charge in [0.1, 0.15) is 0 Å². The second-order valence-corrected chi connectivity index (χ2v) is 14.3. The van der Waals surface area contributed by atoms with E-state index in [1.54, 1.807) is 0 Å². The standard InChI is InChI=1S/C46H28N4S/c1-3-15-29(16-4-1)43-47-44(30-17-5-2-6-18-30)49-45(48-43)50-39-25-13-9-21-33(39)34-27-38-42(28-40(34)50)51-41-26-14-12-24-37(41)46(38)35-22-10-7-19-31(35)32-20-8-11-23-36(32)46/h1-28H. The summed E-state index contributed by atoms with van der Waals surface area (Å²) in [5.74, 6) is 1.89. The molecule has 0 saturated heterocycles. The fraction of sp³-hybridized carbons (Fsp3) is 0.0217.